The van der Waals surface area contributed by atoms with E-state index in [4.69, 9.17) is 5.73 Å². The lowest BCUT2D eigenvalue weighted by molar-refractivity contribution is 1.07. The van der Waals surface area contributed by atoms with E-state index in [9.17, 15) is 0 Å². The number of halogens is 1. The number of hydrogen-bond donors (Lipinski definition) is 1. The normalized spacial score (nSPS) is 11.0. The van der Waals surface area contributed by atoms with Crippen LogP contribution in [0.5, 0.6) is 0 Å². The molecule has 3 rings (SSSR count). The highest BCUT2D eigenvalue weighted by Gasteiger charge is 2.06. The molecule has 0 atom stereocenters. The molecule has 2 nitrogen and oxygen atoms in total. The molecule has 18 heavy (non-hydrogen) atoms. The van der Waals surface area contributed by atoms with Gasteiger partial charge in [0.05, 0.1) is 10.2 Å². The van der Waals surface area contributed by atoms with Crippen LogP contribution < -0.4 is 5.73 Å². The van der Waals surface area contributed by atoms with Crippen molar-refractivity contribution in [2.75, 3.05) is 0 Å². The zero-order valence-electron chi connectivity index (χ0n) is 9.56. The summed E-state index contributed by atoms with van der Waals surface area (Å²) in [6, 6.07) is 14.4. The van der Waals surface area contributed by atoms with Crippen molar-refractivity contribution in [2.24, 2.45) is 5.73 Å². The third-order valence-corrected chi connectivity index (χ3v) is 4.36. The number of benzene rings is 2. The second-order valence-corrected chi connectivity index (χ2v) is 5.98. The summed E-state index contributed by atoms with van der Waals surface area (Å²) < 4.78 is 2.27. The summed E-state index contributed by atoms with van der Waals surface area (Å²) in [6.07, 6.45) is 0. The van der Waals surface area contributed by atoms with Gasteiger partial charge in [0.25, 0.3) is 0 Å². The highest BCUT2D eigenvalue weighted by atomic mass is 79.9. The molecule has 0 aliphatic heterocycles. The Hall–Kier alpha value is -1.23. The van der Waals surface area contributed by atoms with Crippen molar-refractivity contribution in [1.29, 1.82) is 0 Å². The maximum atomic E-state index is 5.60. The molecule has 2 N–H and O–H groups in total. The van der Waals surface area contributed by atoms with Gasteiger partial charge in [-0.1, -0.05) is 40.2 Å². The zero-order chi connectivity index (χ0) is 12.5. The van der Waals surface area contributed by atoms with Gasteiger partial charge in [0.2, 0.25) is 0 Å². The standard InChI is InChI=1S/C14H11BrN2S/c15-11-5-6-13-12(7-11)17-14(18-13)10-3-1-9(8-16)2-4-10/h1-7H,8,16H2. The van der Waals surface area contributed by atoms with E-state index in [-0.39, 0.29) is 0 Å². The van der Waals surface area contributed by atoms with Gasteiger partial charge in [-0.05, 0) is 23.8 Å². The highest BCUT2D eigenvalue weighted by molar-refractivity contribution is 9.10. The molecule has 1 aromatic heterocycles. The molecule has 0 unspecified atom stereocenters. The number of aromatic nitrogens is 1. The number of hydrogen-bond acceptors (Lipinski definition) is 3. The zero-order valence-corrected chi connectivity index (χ0v) is 12.0. The van der Waals surface area contributed by atoms with E-state index < -0.39 is 0 Å². The molecule has 0 saturated carbocycles. The Kier molecular flexibility index (Phi) is 3.16. The van der Waals surface area contributed by atoms with Gasteiger partial charge in [0.15, 0.2) is 0 Å². The van der Waals surface area contributed by atoms with Gasteiger partial charge in [-0.25, -0.2) is 4.98 Å². The van der Waals surface area contributed by atoms with Gasteiger partial charge in [-0.15, -0.1) is 11.3 Å². The van der Waals surface area contributed by atoms with E-state index in [1.807, 2.05) is 12.1 Å². The van der Waals surface area contributed by atoms with Gasteiger partial charge in [0, 0.05) is 16.6 Å². The molecule has 0 bridgehead atoms. The summed E-state index contributed by atoms with van der Waals surface area (Å²) in [7, 11) is 0. The molecule has 0 fully saturated rings. The van der Waals surface area contributed by atoms with E-state index >= 15 is 0 Å². The van der Waals surface area contributed by atoms with Crippen LogP contribution in [0, 0.1) is 0 Å². The maximum Gasteiger partial charge on any atom is 0.124 e. The van der Waals surface area contributed by atoms with Crippen molar-refractivity contribution >= 4 is 37.5 Å². The molecule has 0 radical (unpaired) electrons. The Bertz CT molecular complexity index is 689. The first kappa shape index (κ1) is 11.8. The number of fused-ring (bicyclic) bond motifs is 1. The maximum absolute atomic E-state index is 5.60. The van der Waals surface area contributed by atoms with E-state index in [0.29, 0.717) is 6.54 Å². The molecular weight excluding hydrogens is 308 g/mol. The van der Waals surface area contributed by atoms with E-state index in [1.165, 1.54) is 4.70 Å². The Morgan fingerprint density at radius 1 is 1.11 bits per heavy atom. The largest absolute Gasteiger partial charge is 0.326 e. The molecule has 0 saturated heterocycles. The molecule has 2 aromatic carbocycles. The molecular formula is C14H11BrN2S. The minimum atomic E-state index is 0.576. The summed E-state index contributed by atoms with van der Waals surface area (Å²) in [5, 5.41) is 1.05. The van der Waals surface area contributed by atoms with Crippen LogP contribution in [-0.2, 0) is 6.54 Å². The van der Waals surface area contributed by atoms with Gasteiger partial charge < -0.3 is 5.73 Å². The molecule has 90 valence electrons. The molecule has 0 aliphatic carbocycles. The highest BCUT2D eigenvalue weighted by Crippen LogP contribution is 2.31. The average Bonchev–Trinajstić information content (AvgIpc) is 2.81. The first-order chi connectivity index (χ1) is 8.76. The van der Waals surface area contributed by atoms with Crippen LogP contribution in [0.4, 0.5) is 0 Å². The van der Waals surface area contributed by atoms with Crippen LogP contribution in [0.1, 0.15) is 5.56 Å². The summed E-state index contributed by atoms with van der Waals surface area (Å²) in [5.41, 5.74) is 8.92. The molecule has 0 amide bonds. The van der Waals surface area contributed by atoms with Gasteiger partial charge in [-0.2, -0.15) is 0 Å². The fourth-order valence-electron chi connectivity index (χ4n) is 1.81. The lowest BCUT2D eigenvalue weighted by Gasteiger charge is -1.98. The monoisotopic (exact) mass is 318 g/mol. The summed E-state index contributed by atoms with van der Waals surface area (Å²) >= 11 is 5.18. The summed E-state index contributed by atoms with van der Waals surface area (Å²) in [5.74, 6) is 0. The molecule has 3 aromatic rings. The van der Waals surface area contributed by atoms with Crippen molar-refractivity contribution in [1.82, 2.24) is 4.98 Å². The number of nitrogens with zero attached hydrogens (tertiary/aromatic N) is 1. The van der Waals surface area contributed by atoms with E-state index in [0.717, 1.165) is 26.1 Å². The SMILES string of the molecule is NCc1ccc(-c2nc3cc(Br)ccc3s2)cc1. The van der Waals surface area contributed by atoms with Gasteiger partial charge in [-0.3, -0.25) is 0 Å². The Morgan fingerprint density at radius 3 is 2.61 bits per heavy atom. The lowest BCUT2D eigenvalue weighted by atomic mass is 10.1. The third-order valence-electron chi connectivity index (χ3n) is 2.79. The minimum Gasteiger partial charge on any atom is -0.326 e. The Labute approximate surface area is 118 Å². The molecule has 0 spiro atoms. The van der Waals surface area contributed by atoms with E-state index in [2.05, 4.69) is 51.2 Å². The van der Waals surface area contributed by atoms with Crippen LogP contribution in [0.15, 0.2) is 46.9 Å². The topological polar surface area (TPSA) is 38.9 Å². The van der Waals surface area contributed by atoms with Crippen LogP contribution in [0.2, 0.25) is 0 Å². The van der Waals surface area contributed by atoms with Crippen molar-refractivity contribution in [3.05, 3.63) is 52.5 Å². The number of rotatable bonds is 2. The van der Waals surface area contributed by atoms with Crippen LogP contribution in [0.25, 0.3) is 20.8 Å². The summed E-state index contributed by atoms with van der Waals surface area (Å²) in [4.78, 5) is 4.66. The second kappa shape index (κ2) is 4.80. The third kappa shape index (κ3) is 2.19. The van der Waals surface area contributed by atoms with Crippen molar-refractivity contribution in [3.63, 3.8) is 0 Å². The average molecular weight is 319 g/mol. The minimum absolute atomic E-state index is 0.576. The van der Waals surface area contributed by atoms with Gasteiger partial charge >= 0.3 is 0 Å². The lowest BCUT2D eigenvalue weighted by Crippen LogP contribution is -1.94. The van der Waals surface area contributed by atoms with Crippen molar-refractivity contribution in [3.8, 4) is 10.6 Å². The fourth-order valence-corrected chi connectivity index (χ4v) is 3.11. The predicted octanol–water partition coefficient (Wildman–Crippen LogP) is 4.18. The van der Waals surface area contributed by atoms with E-state index in [1.54, 1.807) is 11.3 Å². The molecule has 0 aliphatic rings. The Balaban J connectivity index is 2.07. The second-order valence-electron chi connectivity index (χ2n) is 4.03. The van der Waals surface area contributed by atoms with Gasteiger partial charge in [0.1, 0.15) is 5.01 Å². The smallest absolute Gasteiger partial charge is 0.124 e. The fraction of sp³-hybridized carbons (Fsp3) is 0.0714. The van der Waals surface area contributed by atoms with Crippen molar-refractivity contribution < 1.29 is 0 Å². The summed E-state index contributed by atoms with van der Waals surface area (Å²) in [6.45, 7) is 0.576. The molecule has 1 heterocycles. The predicted molar refractivity (Wildman–Crippen MR) is 80.6 cm³/mol. The molecule has 4 heteroatoms. The van der Waals surface area contributed by atoms with Crippen LogP contribution in [-0.4, -0.2) is 4.98 Å². The van der Waals surface area contributed by atoms with Crippen molar-refractivity contribution in [2.45, 2.75) is 6.54 Å². The Morgan fingerprint density at radius 2 is 1.89 bits per heavy atom. The van der Waals surface area contributed by atoms with Crippen LogP contribution in [0.3, 0.4) is 0 Å². The number of thiazole rings is 1. The number of nitrogens with two attached hydrogens (primary N) is 1. The first-order valence-electron chi connectivity index (χ1n) is 5.62. The quantitative estimate of drug-likeness (QED) is 0.769. The van der Waals surface area contributed by atoms with Crippen LogP contribution >= 0.6 is 27.3 Å². The first-order valence-corrected chi connectivity index (χ1v) is 7.23.